The maximum absolute atomic E-state index is 9.25. The van der Waals surface area contributed by atoms with Crippen LogP contribution >= 0.6 is 0 Å². The number of phenols is 1. The molecule has 2 rings (SSSR count). The van der Waals surface area contributed by atoms with Crippen LogP contribution in [0.5, 0.6) is 11.5 Å². The molecular formula is C14H16N2O2. The molecule has 4 nitrogen and oxygen atoms in total. The van der Waals surface area contributed by atoms with Gasteiger partial charge < -0.3 is 15.6 Å². The summed E-state index contributed by atoms with van der Waals surface area (Å²) in [7, 11) is 0. The Hall–Kier alpha value is -2.07. The smallest absolute Gasteiger partial charge is 0.137 e. The molecule has 0 fully saturated rings. The molecule has 1 heterocycles. The van der Waals surface area contributed by atoms with Crippen LogP contribution in [0.25, 0.3) is 0 Å². The lowest BCUT2D eigenvalue weighted by atomic mass is 10.0. The number of pyridine rings is 1. The molecule has 2 aromatic rings. The van der Waals surface area contributed by atoms with E-state index < -0.39 is 0 Å². The van der Waals surface area contributed by atoms with Gasteiger partial charge in [-0.2, -0.15) is 0 Å². The van der Waals surface area contributed by atoms with Crippen molar-refractivity contribution in [1.82, 2.24) is 4.98 Å². The predicted molar refractivity (Wildman–Crippen MR) is 69.6 cm³/mol. The highest BCUT2D eigenvalue weighted by Gasteiger charge is 2.10. The maximum atomic E-state index is 9.25. The van der Waals surface area contributed by atoms with Crippen molar-refractivity contribution in [1.29, 1.82) is 0 Å². The minimum atomic E-state index is 0.103. The van der Waals surface area contributed by atoms with Crippen LogP contribution in [0, 0.1) is 0 Å². The first-order valence-corrected chi connectivity index (χ1v) is 5.81. The molecule has 1 aromatic heterocycles. The van der Waals surface area contributed by atoms with E-state index in [1.165, 1.54) is 0 Å². The van der Waals surface area contributed by atoms with Gasteiger partial charge in [0.2, 0.25) is 0 Å². The lowest BCUT2D eigenvalue weighted by Gasteiger charge is -2.16. The van der Waals surface area contributed by atoms with Gasteiger partial charge in [-0.05, 0) is 29.8 Å². The molecular weight excluding hydrogens is 228 g/mol. The van der Waals surface area contributed by atoms with Crippen LogP contribution in [0.2, 0.25) is 0 Å². The van der Waals surface area contributed by atoms with E-state index >= 15 is 0 Å². The normalized spacial score (nSPS) is 12.1. The molecule has 0 amide bonds. The Morgan fingerprint density at radius 2 is 2.00 bits per heavy atom. The second-order valence-corrected chi connectivity index (χ2v) is 4.02. The second-order valence-electron chi connectivity index (χ2n) is 4.02. The standard InChI is InChI=1S/C14H16N2O2/c15-8-12(11-3-5-13(17)6-4-11)10-18-14-2-1-7-16-9-14/h1-7,9,12,17H,8,10,15H2. The van der Waals surface area contributed by atoms with Gasteiger partial charge in [0.1, 0.15) is 11.5 Å². The third-order valence-electron chi connectivity index (χ3n) is 2.73. The fourth-order valence-electron chi connectivity index (χ4n) is 1.68. The lowest BCUT2D eigenvalue weighted by Crippen LogP contribution is -2.19. The van der Waals surface area contributed by atoms with Crippen LogP contribution in [0.4, 0.5) is 0 Å². The van der Waals surface area contributed by atoms with Crippen LogP contribution in [-0.2, 0) is 0 Å². The van der Waals surface area contributed by atoms with Gasteiger partial charge in [0.25, 0.3) is 0 Å². The molecule has 0 saturated heterocycles. The molecule has 0 spiro atoms. The second kappa shape index (κ2) is 6.02. The molecule has 4 heteroatoms. The van der Waals surface area contributed by atoms with Crippen molar-refractivity contribution < 1.29 is 9.84 Å². The zero-order valence-corrected chi connectivity index (χ0v) is 9.99. The van der Waals surface area contributed by atoms with Gasteiger partial charge >= 0.3 is 0 Å². The first-order chi connectivity index (χ1) is 8.79. The van der Waals surface area contributed by atoms with E-state index in [1.54, 1.807) is 24.5 Å². The van der Waals surface area contributed by atoms with E-state index in [0.717, 1.165) is 11.3 Å². The number of aromatic nitrogens is 1. The number of hydrogen-bond acceptors (Lipinski definition) is 4. The minimum absolute atomic E-state index is 0.103. The number of ether oxygens (including phenoxy) is 1. The highest BCUT2D eigenvalue weighted by Crippen LogP contribution is 2.19. The van der Waals surface area contributed by atoms with Gasteiger partial charge in [0.15, 0.2) is 0 Å². The van der Waals surface area contributed by atoms with E-state index in [4.69, 9.17) is 10.5 Å². The van der Waals surface area contributed by atoms with Gasteiger partial charge in [0.05, 0.1) is 12.8 Å². The molecule has 1 aromatic carbocycles. The van der Waals surface area contributed by atoms with Crippen molar-refractivity contribution in [2.45, 2.75) is 5.92 Å². The summed E-state index contributed by atoms with van der Waals surface area (Å²) in [5, 5.41) is 9.25. The summed E-state index contributed by atoms with van der Waals surface area (Å²) < 4.78 is 5.64. The number of phenolic OH excluding ortho intramolecular Hbond substituents is 1. The molecule has 0 saturated carbocycles. The van der Waals surface area contributed by atoms with E-state index in [0.29, 0.717) is 13.2 Å². The predicted octanol–water partition coefficient (Wildman–Crippen LogP) is 1.91. The van der Waals surface area contributed by atoms with Crippen LogP contribution in [-0.4, -0.2) is 23.2 Å². The molecule has 18 heavy (non-hydrogen) atoms. The van der Waals surface area contributed by atoms with Crippen molar-refractivity contribution in [3.63, 3.8) is 0 Å². The highest BCUT2D eigenvalue weighted by molar-refractivity contribution is 5.29. The summed E-state index contributed by atoms with van der Waals surface area (Å²) in [6, 6.07) is 10.7. The van der Waals surface area contributed by atoms with E-state index in [1.807, 2.05) is 24.3 Å². The number of nitrogens with zero attached hydrogens (tertiary/aromatic N) is 1. The first kappa shape index (κ1) is 12.4. The number of hydrogen-bond donors (Lipinski definition) is 2. The summed E-state index contributed by atoms with van der Waals surface area (Å²) >= 11 is 0. The zero-order valence-electron chi connectivity index (χ0n) is 9.99. The Balaban J connectivity index is 1.99. The Morgan fingerprint density at radius 3 is 2.61 bits per heavy atom. The van der Waals surface area contributed by atoms with E-state index in [-0.39, 0.29) is 11.7 Å². The fraction of sp³-hybridized carbons (Fsp3) is 0.214. The van der Waals surface area contributed by atoms with Crippen molar-refractivity contribution in [2.24, 2.45) is 5.73 Å². The molecule has 0 aliphatic carbocycles. The Labute approximate surface area is 106 Å². The summed E-state index contributed by atoms with van der Waals surface area (Å²) in [6.45, 7) is 0.984. The van der Waals surface area contributed by atoms with Crippen LogP contribution in [0.1, 0.15) is 11.5 Å². The molecule has 0 bridgehead atoms. The van der Waals surface area contributed by atoms with Gasteiger partial charge in [-0.15, -0.1) is 0 Å². The molecule has 1 atom stereocenters. The van der Waals surface area contributed by atoms with Crippen molar-refractivity contribution in [2.75, 3.05) is 13.2 Å². The van der Waals surface area contributed by atoms with E-state index in [9.17, 15) is 5.11 Å². The summed E-state index contributed by atoms with van der Waals surface area (Å²) in [5.74, 6) is 1.09. The minimum Gasteiger partial charge on any atom is -0.508 e. The zero-order chi connectivity index (χ0) is 12.8. The topological polar surface area (TPSA) is 68.4 Å². The average molecular weight is 244 g/mol. The van der Waals surface area contributed by atoms with Crippen LogP contribution < -0.4 is 10.5 Å². The Morgan fingerprint density at radius 1 is 1.22 bits per heavy atom. The highest BCUT2D eigenvalue weighted by atomic mass is 16.5. The average Bonchev–Trinajstić information content (AvgIpc) is 2.42. The summed E-state index contributed by atoms with van der Waals surface area (Å²) in [6.07, 6.45) is 3.37. The van der Waals surface area contributed by atoms with Crippen LogP contribution in [0.3, 0.4) is 0 Å². The number of aromatic hydroxyl groups is 1. The van der Waals surface area contributed by atoms with Crippen LogP contribution in [0.15, 0.2) is 48.8 Å². The van der Waals surface area contributed by atoms with Gasteiger partial charge in [-0.1, -0.05) is 12.1 Å². The van der Waals surface area contributed by atoms with Crippen molar-refractivity contribution >= 4 is 0 Å². The van der Waals surface area contributed by atoms with Gasteiger partial charge in [0, 0.05) is 18.7 Å². The Kier molecular flexibility index (Phi) is 4.15. The maximum Gasteiger partial charge on any atom is 0.137 e. The third kappa shape index (κ3) is 3.21. The third-order valence-corrected chi connectivity index (χ3v) is 2.73. The Bertz CT molecular complexity index is 471. The van der Waals surface area contributed by atoms with Gasteiger partial charge in [-0.3, -0.25) is 4.98 Å². The SMILES string of the molecule is NCC(COc1cccnc1)c1ccc(O)cc1. The molecule has 0 aliphatic heterocycles. The molecule has 0 aliphatic rings. The first-order valence-electron chi connectivity index (χ1n) is 5.81. The summed E-state index contributed by atoms with van der Waals surface area (Å²) in [4.78, 5) is 3.98. The van der Waals surface area contributed by atoms with Crippen molar-refractivity contribution in [3.05, 3.63) is 54.4 Å². The van der Waals surface area contributed by atoms with Crippen molar-refractivity contribution in [3.8, 4) is 11.5 Å². The van der Waals surface area contributed by atoms with Gasteiger partial charge in [-0.25, -0.2) is 0 Å². The summed E-state index contributed by atoms with van der Waals surface area (Å²) in [5.41, 5.74) is 6.80. The van der Waals surface area contributed by atoms with E-state index in [2.05, 4.69) is 4.98 Å². The lowest BCUT2D eigenvalue weighted by molar-refractivity contribution is 0.289. The quantitative estimate of drug-likeness (QED) is 0.843. The molecule has 94 valence electrons. The largest absolute Gasteiger partial charge is 0.508 e. The monoisotopic (exact) mass is 244 g/mol. The number of rotatable bonds is 5. The molecule has 3 N–H and O–H groups in total. The number of nitrogens with two attached hydrogens (primary N) is 1. The fourth-order valence-corrected chi connectivity index (χ4v) is 1.68. The number of benzene rings is 1. The molecule has 0 radical (unpaired) electrons. The molecule has 1 unspecified atom stereocenters.